The van der Waals surface area contributed by atoms with Crippen LogP contribution in [0.2, 0.25) is 4.34 Å². The summed E-state index contributed by atoms with van der Waals surface area (Å²) in [6.07, 6.45) is 0. The van der Waals surface area contributed by atoms with Crippen molar-refractivity contribution in [2.24, 2.45) is 5.14 Å². The van der Waals surface area contributed by atoms with E-state index < -0.39 is 20.0 Å². The Labute approximate surface area is 131 Å². The first kappa shape index (κ1) is 16.2. The number of halogens is 1. The summed E-state index contributed by atoms with van der Waals surface area (Å²) in [5, 5.41) is 4.94. The molecule has 1 heterocycles. The van der Waals surface area contributed by atoms with E-state index in [1.807, 2.05) is 0 Å². The van der Waals surface area contributed by atoms with Gasteiger partial charge >= 0.3 is 0 Å². The molecule has 0 saturated heterocycles. The first-order chi connectivity index (χ1) is 9.66. The van der Waals surface area contributed by atoms with Gasteiger partial charge in [-0.15, -0.1) is 11.3 Å². The first-order valence-electron chi connectivity index (χ1n) is 5.53. The second kappa shape index (κ2) is 5.93. The molecule has 0 bridgehead atoms. The molecule has 10 heteroatoms. The number of benzene rings is 1. The molecule has 0 aliphatic heterocycles. The molecule has 21 heavy (non-hydrogen) atoms. The van der Waals surface area contributed by atoms with Gasteiger partial charge in [0.1, 0.15) is 4.21 Å². The minimum atomic E-state index is -3.70. The number of anilines is 1. The smallest absolute Gasteiger partial charge is 0.271 e. The lowest BCUT2D eigenvalue weighted by molar-refractivity contribution is 0.596. The molecule has 114 valence electrons. The Bertz CT molecular complexity index is 842. The van der Waals surface area contributed by atoms with Crippen molar-refractivity contribution in [3.63, 3.8) is 0 Å². The van der Waals surface area contributed by atoms with E-state index in [-0.39, 0.29) is 9.96 Å². The predicted octanol–water partition coefficient (Wildman–Crippen LogP) is 1.99. The molecule has 1 aromatic carbocycles. The van der Waals surface area contributed by atoms with Crippen molar-refractivity contribution in [2.75, 3.05) is 4.72 Å². The Balaban J connectivity index is 2.17. The minimum absolute atomic E-state index is 0.0983. The minimum Gasteiger partial charge on any atom is -0.279 e. The number of nitrogens with two attached hydrogens (primary N) is 1. The first-order valence-corrected chi connectivity index (χ1v) is 9.93. The van der Waals surface area contributed by atoms with E-state index in [2.05, 4.69) is 4.72 Å². The molecule has 0 aliphatic carbocycles. The molecule has 0 atom stereocenters. The number of nitrogens with one attached hydrogen (secondary N) is 1. The third-order valence-corrected chi connectivity index (χ3v) is 6.23. The second-order valence-corrected chi connectivity index (χ2v) is 9.41. The van der Waals surface area contributed by atoms with Gasteiger partial charge < -0.3 is 0 Å². The normalized spacial score (nSPS) is 12.3. The lowest BCUT2D eigenvalue weighted by atomic mass is 10.2. The molecule has 0 radical (unpaired) electrons. The van der Waals surface area contributed by atoms with E-state index in [9.17, 15) is 16.8 Å². The molecule has 0 unspecified atom stereocenters. The van der Waals surface area contributed by atoms with Gasteiger partial charge in [0.15, 0.2) is 0 Å². The predicted molar refractivity (Wildman–Crippen MR) is 83.4 cm³/mol. The highest BCUT2D eigenvalue weighted by Crippen LogP contribution is 2.27. The van der Waals surface area contributed by atoms with Crippen LogP contribution < -0.4 is 9.86 Å². The van der Waals surface area contributed by atoms with Crippen LogP contribution >= 0.6 is 22.9 Å². The van der Waals surface area contributed by atoms with Crippen LogP contribution in [0.15, 0.2) is 40.6 Å². The summed E-state index contributed by atoms with van der Waals surface area (Å²) in [7, 11) is -7.32. The topological polar surface area (TPSA) is 106 Å². The van der Waals surface area contributed by atoms with E-state index in [1.165, 1.54) is 36.4 Å². The Hall–Kier alpha value is -1.13. The summed E-state index contributed by atoms with van der Waals surface area (Å²) in [4.78, 5) is 0. The maximum atomic E-state index is 12.1. The molecular formula is C11H11ClN2O4S3. The van der Waals surface area contributed by atoms with Crippen LogP contribution in [-0.2, 0) is 25.8 Å². The molecule has 0 saturated carbocycles. The van der Waals surface area contributed by atoms with Gasteiger partial charge in [0.25, 0.3) is 10.0 Å². The third kappa shape index (κ3) is 4.68. The van der Waals surface area contributed by atoms with Gasteiger partial charge in [-0.1, -0.05) is 23.7 Å². The Morgan fingerprint density at radius 2 is 1.67 bits per heavy atom. The molecule has 0 spiro atoms. The summed E-state index contributed by atoms with van der Waals surface area (Å²) < 4.78 is 48.9. The van der Waals surface area contributed by atoms with Crippen LogP contribution in [0.4, 0.5) is 5.69 Å². The van der Waals surface area contributed by atoms with Gasteiger partial charge in [-0.05, 0) is 29.8 Å². The number of hydrogen-bond acceptors (Lipinski definition) is 5. The average Bonchev–Trinajstić information content (AvgIpc) is 2.77. The Morgan fingerprint density at radius 3 is 2.14 bits per heavy atom. The summed E-state index contributed by atoms with van der Waals surface area (Å²) in [6, 6.07) is 8.81. The van der Waals surface area contributed by atoms with E-state index in [4.69, 9.17) is 16.7 Å². The highest BCUT2D eigenvalue weighted by Gasteiger charge is 2.16. The van der Waals surface area contributed by atoms with E-state index >= 15 is 0 Å². The van der Waals surface area contributed by atoms with Crippen molar-refractivity contribution in [1.29, 1.82) is 0 Å². The van der Waals surface area contributed by atoms with E-state index in [1.54, 1.807) is 0 Å². The maximum Gasteiger partial charge on any atom is 0.271 e. The van der Waals surface area contributed by atoms with Gasteiger partial charge in [0, 0.05) is 5.69 Å². The summed E-state index contributed by atoms with van der Waals surface area (Å²) in [5.41, 5.74) is 0.789. The van der Waals surface area contributed by atoms with Crippen LogP contribution in [0, 0.1) is 0 Å². The van der Waals surface area contributed by atoms with Crippen LogP contribution in [-0.4, -0.2) is 16.8 Å². The number of sulfonamides is 2. The zero-order chi connectivity index (χ0) is 15.7. The molecule has 1 aromatic heterocycles. The fourth-order valence-electron chi connectivity index (χ4n) is 1.55. The van der Waals surface area contributed by atoms with Crippen LogP contribution in [0.5, 0.6) is 0 Å². The van der Waals surface area contributed by atoms with Crippen LogP contribution in [0.25, 0.3) is 0 Å². The average molecular weight is 367 g/mol. The zero-order valence-electron chi connectivity index (χ0n) is 10.5. The van der Waals surface area contributed by atoms with Gasteiger partial charge in [0.05, 0.1) is 10.1 Å². The van der Waals surface area contributed by atoms with Gasteiger partial charge in [-0.25, -0.2) is 22.0 Å². The fraction of sp³-hybridized carbons (Fsp3) is 0.0909. The Kier molecular flexibility index (Phi) is 4.59. The molecule has 0 amide bonds. The number of primary sulfonamides is 1. The molecule has 0 fully saturated rings. The molecular weight excluding hydrogens is 356 g/mol. The summed E-state index contributed by atoms with van der Waals surface area (Å²) in [5.74, 6) is -0.305. The van der Waals surface area contributed by atoms with Crippen LogP contribution in [0.1, 0.15) is 5.56 Å². The lowest BCUT2D eigenvalue weighted by Gasteiger charge is -2.07. The molecule has 3 N–H and O–H groups in total. The SMILES string of the molecule is NS(=O)(=O)Cc1ccc(NS(=O)(=O)c2ccc(Cl)s2)cc1. The van der Waals surface area contributed by atoms with Crippen molar-refractivity contribution in [3.8, 4) is 0 Å². The summed E-state index contributed by atoms with van der Waals surface area (Å²) in [6.45, 7) is 0. The maximum absolute atomic E-state index is 12.1. The number of rotatable bonds is 5. The number of hydrogen-bond donors (Lipinski definition) is 2. The van der Waals surface area contributed by atoms with Crippen molar-refractivity contribution in [3.05, 3.63) is 46.3 Å². The van der Waals surface area contributed by atoms with Gasteiger partial charge in [-0.3, -0.25) is 4.72 Å². The molecule has 2 aromatic rings. The van der Waals surface area contributed by atoms with Crippen molar-refractivity contribution in [1.82, 2.24) is 0 Å². The second-order valence-electron chi connectivity index (χ2n) is 4.17. The van der Waals surface area contributed by atoms with E-state index in [0.717, 1.165) is 11.3 Å². The lowest BCUT2D eigenvalue weighted by Crippen LogP contribution is -2.14. The van der Waals surface area contributed by atoms with Crippen molar-refractivity contribution < 1.29 is 16.8 Å². The third-order valence-electron chi connectivity index (χ3n) is 2.39. The fourth-order valence-corrected chi connectivity index (χ4v) is 4.75. The standard InChI is InChI=1S/C11H11ClN2O4S3/c12-10-5-6-11(19-10)21(17,18)14-9-3-1-8(2-4-9)7-20(13,15)16/h1-6,14H,7H2,(H2,13,15,16). The molecule has 2 rings (SSSR count). The van der Waals surface area contributed by atoms with Crippen molar-refractivity contribution >= 4 is 48.7 Å². The Morgan fingerprint density at radius 1 is 1.05 bits per heavy atom. The van der Waals surface area contributed by atoms with Gasteiger partial charge in [0.2, 0.25) is 10.0 Å². The quantitative estimate of drug-likeness (QED) is 0.843. The van der Waals surface area contributed by atoms with Crippen LogP contribution in [0.3, 0.4) is 0 Å². The highest BCUT2D eigenvalue weighted by atomic mass is 35.5. The largest absolute Gasteiger partial charge is 0.279 e. The monoisotopic (exact) mass is 366 g/mol. The zero-order valence-corrected chi connectivity index (χ0v) is 13.7. The summed E-state index contributed by atoms with van der Waals surface area (Å²) >= 11 is 6.65. The molecule has 6 nitrogen and oxygen atoms in total. The highest BCUT2D eigenvalue weighted by molar-refractivity contribution is 7.94. The van der Waals surface area contributed by atoms with Gasteiger partial charge in [-0.2, -0.15) is 0 Å². The van der Waals surface area contributed by atoms with Crippen molar-refractivity contribution in [2.45, 2.75) is 9.96 Å². The molecule has 0 aliphatic rings. The van der Waals surface area contributed by atoms with E-state index in [0.29, 0.717) is 15.6 Å². The number of thiophene rings is 1.